The van der Waals surface area contributed by atoms with E-state index < -0.39 is 10.0 Å². The molecule has 4 aromatic rings. The number of aromatic nitrogens is 1. The maximum atomic E-state index is 12.6. The second-order valence-corrected chi connectivity index (χ2v) is 10.3. The molecule has 2 aromatic heterocycles. The summed E-state index contributed by atoms with van der Waals surface area (Å²) in [5.41, 5.74) is 2.16. The van der Waals surface area contributed by atoms with Crippen molar-refractivity contribution in [1.82, 2.24) is 15.0 Å². The van der Waals surface area contributed by atoms with Gasteiger partial charge in [0.05, 0.1) is 17.1 Å². The normalized spacial score (nSPS) is 11.4. The highest BCUT2D eigenvalue weighted by Crippen LogP contribution is 2.21. The summed E-state index contributed by atoms with van der Waals surface area (Å²) in [6.45, 7) is 0.480. The van der Waals surface area contributed by atoms with E-state index in [1.807, 2.05) is 53.2 Å². The SMILES string of the molecule is O=C(NCc1nc(-c2ccccc2)cs1)c1cccc(S(=O)(=O)NCc2cccs2)c1. The summed E-state index contributed by atoms with van der Waals surface area (Å²) in [6.07, 6.45) is 0. The third-order valence-electron chi connectivity index (χ3n) is 4.44. The molecule has 2 heterocycles. The third kappa shape index (κ3) is 5.45. The van der Waals surface area contributed by atoms with Gasteiger partial charge in [0.25, 0.3) is 5.91 Å². The monoisotopic (exact) mass is 469 g/mol. The van der Waals surface area contributed by atoms with Crippen LogP contribution in [0.15, 0.2) is 82.4 Å². The number of nitrogens with one attached hydrogen (secondary N) is 2. The van der Waals surface area contributed by atoms with Crippen molar-refractivity contribution < 1.29 is 13.2 Å². The Labute approximate surface area is 188 Å². The molecule has 2 N–H and O–H groups in total. The molecule has 0 aliphatic rings. The summed E-state index contributed by atoms with van der Waals surface area (Å²) < 4.78 is 27.7. The second-order valence-electron chi connectivity index (χ2n) is 6.61. The van der Waals surface area contributed by atoms with Crippen molar-refractivity contribution in [2.45, 2.75) is 18.0 Å². The van der Waals surface area contributed by atoms with Crippen molar-refractivity contribution in [1.29, 1.82) is 0 Å². The molecule has 0 radical (unpaired) electrons. The molecule has 0 unspecified atom stereocenters. The van der Waals surface area contributed by atoms with Crippen LogP contribution in [0.5, 0.6) is 0 Å². The summed E-state index contributed by atoms with van der Waals surface area (Å²) in [4.78, 5) is 18.1. The first-order chi connectivity index (χ1) is 15.0. The van der Waals surface area contributed by atoms with Crippen LogP contribution < -0.4 is 10.0 Å². The first-order valence-electron chi connectivity index (χ1n) is 9.41. The van der Waals surface area contributed by atoms with Gasteiger partial charge in [-0.15, -0.1) is 22.7 Å². The highest BCUT2D eigenvalue weighted by Gasteiger charge is 2.16. The summed E-state index contributed by atoms with van der Waals surface area (Å²) in [5, 5.41) is 7.42. The molecule has 4 rings (SSSR count). The van der Waals surface area contributed by atoms with Crippen LogP contribution in [-0.4, -0.2) is 19.3 Å². The Bertz CT molecular complexity index is 1270. The van der Waals surface area contributed by atoms with Crippen LogP contribution in [0.3, 0.4) is 0 Å². The highest BCUT2D eigenvalue weighted by molar-refractivity contribution is 7.89. The molecule has 0 spiro atoms. The van der Waals surface area contributed by atoms with Crippen LogP contribution in [0.1, 0.15) is 20.2 Å². The van der Waals surface area contributed by atoms with Gasteiger partial charge in [-0.25, -0.2) is 18.1 Å². The lowest BCUT2D eigenvalue weighted by atomic mass is 10.2. The Hall–Kier alpha value is -2.85. The van der Waals surface area contributed by atoms with E-state index >= 15 is 0 Å². The van der Waals surface area contributed by atoms with Crippen LogP contribution in [0.2, 0.25) is 0 Å². The van der Waals surface area contributed by atoms with Crippen molar-refractivity contribution in [3.8, 4) is 11.3 Å². The predicted molar refractivity (Wildman–Crippen MR) is 124 cm³/mol. The molecule has 0 fully saturated rings. The number of thiophene rings is 1. The standard InChI is InChI=1S/C22H19N3O3S3/c26-22(23-14-21-25-20(15-30-21)16-6-2-1-3-7-16)17-8-4-10-19(12-17)31(27,28)24-13-18-9-5-11-29-18/h1-12,15,24H,13-14H2,(H,23,26). The van der Waals surface area contributed by atoms with Gasteiger partial charge in [-0.05, 0) is 29.6 Å². The van der Waals surface area contributed by atoms with E-state index in [1.54, 1.807) is 12.1 Å². The van der Waals surface area contributed by atoms with Gasteiger partial charge in [-0.3, -0.25) is 4.79 Å². The molecule has 0 atom stereocenters. The summed E-state index contributed by atoms with van der Waals surface area (Å²) in [7, 11) is -3.72. The van der Waals surface area contributed by atoms with E-state index in [0.29, 0.717) is 0 Å². The Kier molecular flexibility index (Phi) is 6.57. The Morgan fingerprint density at radius 2 is 1.77 bits per heavy atom. The molecular formula is C22H19N3O3S3. The third-order valence-corrected chi connectivity index (χ3v) is 7.57. The maximum Gasteiger partial charge on any atom is 0.251 e. The molecule has 0 aliphatic heterocycles. The molecule has 158 valence electrons. The minimum Gasteiger partial charge on any atom is -0.346 e. The van der Waals surface area contributed by atoms with Crippen molar-refractivity contribution in [2.24, 2.45) is 0 Å². The number of hydrogen-bond acceptors (Lipinski definition) is 6. The minimum atomic E-state index is -3.72. The lowest BCUT2D eigenvalue weighted by Gasteiger charge is -2.08. The summed E-state index contributed by atoms with van der Waals surface area (Å²) in [6, 6.07) is 19.5. The quantitative estimate of drug-likeness (QED) is 0.403. The predicted octanol–water partition coefficient (Wildman–Crippen LogP) is 4.28. The van der Waals surface area contributed by atoms with Crippen molar-refractivity contribution in [3.63, 3.8) is 0 Å². The summed E-state index contributed by atoms with van der Waals surface area (Å²) in [5.74, 6) is -0.355. The zero-order chi connectivity index (χ0) is 21.7. The van der Waals surface area contributed by atoms with Gasteiger partial charge in [0.2, 0.25) is 10.0 Å². The average molecular weight is 470 g/mol. The topological polar surface area (TPSA) is 88.2 Å². The summed E-state index contributed by atoms with van der Waals surface area (Å²) >= 11 is 2.94. The van der Waals surface area contributed by atoms with E-state index in [-0.39, 0.29) is 29.5 Å². The van der Waals surface area contributed by atoms with Crippen LogP contribution in [0.25, 0.3) is 11.3 Å². The van der Waals surface area contributed by atoms with E-state index in [9.17, 15) is 13.2 Å². The Morgan fingerprint density at radius 3 is 2.55 bits per heavy atom. The highest BCUT2D eigenvalue weighted by atomic mass is 32.2. The Morgan fingerprint density at radius 1 is 0.935 bits per heavy atom. The largest absolute Gasteiger partial charge is 0.346 e. The maximum absolute atomic E-state index is 12.6. The fourth-order valence-corrected chi connectivity index (χ4v) is 5.39. The average Bonchev–Trinajstić information content (AvgIpc) is 3.49. The molecular weight excluding hydrogens is 450 g/mol. The van der Waals surface area contributed by atoms with Crippen LogP contribution >= 0.6 is 22.7 Å². The van der Waals surface area contributed by atoms with Gasteiger partial charge >= 0.3 is 0 Å². The molecule has 0 bridgehead atoms. The number of benzene rings is 2. The molecule has 0 saturated carbocycles. The number of rotatable bonds is 8. The van der Waals surface area contributed by atoms with E-state index in [2.05, 4.69) is 15.0 Å². The van der Waals surface area contributed by atoms with Crippen molar-refractivity contribution in [2.75, 3.05) is 0 Å². The molecule has 6 nitrogen and oxygen atoms in total. The number of sulfonamides is 1. The van der Waals surface area contributed by atoms with Gasteiger partial charge in [0.15, 0.2) is 0 Å². The number of thiazole rings is 1. The first-order valence-corrected chi connectivity index (χ1v) is 12.7. The van der Waals surface area contributed by atoms with Gasteiger partial charge in [0, 0.05) is 27.9 Å². The minimum absolute atomic E-state index is 0.0531. The van der Waals surface area contributed by atoms with Crippen LogP contribution in [0, 0.1) is 0 Å². The number of carbonyl (C=O) groups is 1. The Balaban J connectivity index is 1.39. The molecule has 0 saturated heterocycles. The zero-order valence-corrected chi connectivity index (χ0v) is 18.8. The van der Waals surface area contributed by atoms with Crippen LogP contribution in [-0.2, 0) is 23.1 Å². The second kappa shape index (κ2) is 9.52. The number of amides is 1. The van der Waals surface area contributed by atoms with Crippen LogP contribution in [0.4, 0.5) is 0 Å². The smallest absolute Gasteiger partial charge is 0.251 e. The van der Waals surface area contributed by atoms with E-state index in [0.717, 1.165) is 21.1 Å². The van der Waals surface area contributed by atoms with Gasteiger partial charge in [0.1, 0.15) is 5.01 Å². The lowest BCUT2D eigenvalue weighted by Crippen LogP contribution is -2.25. The van der Waals surface area contributed by atoms with Crippen molar-refractivity contribution >= 4 is 38.6 Å². The number of hydrogen-bond donors (Lipinski definition) is 2. The molecule has 31 heavy (non-hydrogen) atoms. The first kappa shape index (κ1) is 21.4. The van der Waals surface area contributed by atoms with E-state index in [4.69, 9.17) is 0 Å². The zero-order valence-electron chi connectivity index (χ0n) is 16.3. The number of carbonyl (C=O) groups excluding carboxylic acids is 1. The van der Waals surface area contributed by atoms with Gasteiger partial charge in [-0.1, -0.05) is 42.5 Å². The molecule has 0 aliphatic carbocycles. The number of nitrogens with zero attached hydrogens (tertiary/aromatic N) is 1. The van der Waals surface area contributed by atoms with E-state index in [1.165, 1.54) is 34.8 Å². The molecule has 9 heteroatoms. The van der Waals surface area contributed by atoms with Crippen molar-refractivity contribution in [3.05, 3.63) is 92.9 Å². The van der Waals surface area contributed by atoms with Gasteiger partial charge < -0.3 is 5.32 Å². The fourth-order valence-electron chi connectivity index (χ4n) is 2.86. The molecule has 2 aromatic carbocycles. The van der Waals surface area contributed by atoms with Gasteiger partial charge in [-0.2, -0.15) is 0 Å². The fraction of sp³-hybridized carbons (Fsp3) is 0.0909. The molecule has 1 amide bonds. The lowest BCUT2D eigenvalue weighted by molar-refractivity contribution is 0.0950.